The molecule has 1 aromatic heterocycles. The number of aliphatic hydroxyl groups excluding tert-OH is 1. The molecule has 3 rings (SSSR count). The number of aryl methyl sites for hydroxylation is 2. The lowest BCUT2D eigenvalue weighted by molar-refractivity contribution is -0.116. The summed E-state index contributed by atoms with van der Waals surface area (Å²) in [5, 5.41) is 20.2. The van der Waals surface area contributed by atoms with Crippen molar-refractivity contribution in [2.45, 2.75) is 26.4 Å². The number of aliphatic hydroxyl groups is 1. The number of hydrogen-bond donors (Lipinski definition) is 2. The van der Waals surface area contributed by atoms with Crippen molar-refractivity contribution in [1.29, 1.82) is 0 Å². The van der Waals surface area contributed by atoms with Crippen molar-refractivity contribution in [3.8, 4) is 5.69 Å². The molecule has 1 amide bonds. The molecule has 25 heavy (non-hydrogen) atoms. The van der Waals surface area contributed by atoms with Gasteiger partial charge in [-0.05, 0) is 36.2 Å². The maximum absolute atomic E-state index is 12.3. The first-order valence-electron chi connectivity index (χ1n) is 8.12. The Morgan fingerprint density at radius 1 is 1.20 bits per heavy atom. The van der Waals surface area contributed by atoms with Gasteiger partial charge in [0, 0.05) is 24.2 Å². The number of para-hydroxylation sites is 1. The molecule has 6 heteroatoms. The van der Waals surface area contributed by atoms with E-state index in [1.165, 1.54) is 0 Å². The van der Waals surface area contributed by atoms with E-state index in [2.05, 4.69) is 15.5 Å². The average Bonchev–Trinajstić information content (AvgIpc) is 3.11. The number of rotatable bonds is 6. The van der Waals surface area contributed by atoms with E-state index >= 15 is 0 Å². The van der Waals surface area contributed by atoms with Gasteiger partial charge in [0.15, 0.2) is 0 Å². The highest BCUT2D eigenvalue weighted by Crippen LogP contribution is 2.18. The number of carbonyl (C=O) groups excluding carboxylic acids is 1. The highest BCUT2D eigenvalue weighted by atomic mass is 16.3. The molecule has 3 aromatic rings. The van der Waals surface area contributed by atoms with E-state index in [1.807, 2.05) is 54.0 Å². The number of benzene rings is 2. The Morgan fingerprint density at radius 2 is 2.00 bits per heavy atom. The SMILES string of the molecule is Cc1ccc(CO)cc1NC(=O)CCc1nncn1-c1ccccc1. The minimum Gasteiger partial charge on any atom is -0.392 e. The van der Waals surface area contributed by atoms with Crippen molar-refractivity contribution in [2.75, 3.05) is 5.32 Å². The van der Waals surface area contributed by atoms with Crippen LogP contribution in [0.4, 0.5) is 5.69 Å². The summed E-state index contributed by atoms with van der Waals surface area (Å²) in [6, 6.07) is 15.3. The summed E-state index contributed by atoms with van der Waals surface area (Å²) in [7, 11) is 0. The number of anilines is 1. The monoisotopic (exact) mass is 336 g/mol. The van der Waals surface area contributed by atoms with Gasteiger partial charge in [-0.1, -0.05) is 30.3 Å². The van der Waals surface area contributed by atoms with Gasteiger partial charge in [0.05, 0.1) is 6.61 Å². The first-order chi connectivity index (χ1) is 12.2. The number of nitrogens with zero attached hydrogens (tertiary/aromatic N) is 3. The van der Waals surface area contributed by atoms with E-state index in [-0.39, 0.29) is 12.5 Å². The molecule has 0 aliphatic heterocycles. The van der Waals surface area contributed by atoms with Crippen LogP contribution in [0.15, 0.2) is 54.9 Å². The van der Waals surface area contributed by atoms with Gasteiger partial charge in [0.1, 0.15) is 12.2 Å². The van der Waals surface area contributed by atoms with E-state index in [4.69, 9.17) is 0 Å². The van der Waals surface area contributed by atoms with Crippen molar-refractivity contribution >= 4 is 11.6 Å². The van der Waals surface area contributed by atoms with Crippen LogP contribution in [0, 0.1) is 6.92 Å². The number of amides is 1. The van der Waals surface area contributed by atoms with E-state index < -0.39 is 0 Å². The van der Waals surface area contributed by atoms with Crippen LogP contribution in [0.3, 0.4) is 0 Å². The van der Waals surface area contributed by atoms with Gasteiger partial charge in [0.25, 0.3) is 0 Å². The second kappa shape index (κ2) is 7.72. The molecule has 0 radical (unpaired) electrons. The predicted molar refractivity (Wildman–Crippen MR) is 95.4 cm³/mol. The Hall–Kier alpha value is -2.99. The molecule has 128 valence electrons. The third-order valence-corrected chi connectivity index (χ3v) is 3.99. The maximum Gasteiger partial charge on any atom is 0.224 e. The lowest BCUT2D eigenvalue weighted by Gasteiger charge is -2.10. The fourth-order valence-electron chi connectivity index (χ4n) is 2.57. The molecule has 0 saturated carbocycles. The molecule has 0 bridgehead atoms. The number of nitrogens with one attached hydrogen (secondary N) is 1. The van der Waals surface area contributed by atoms with Crippen LogP contribution in [-0.4, -0.2) is 25.8 Å². The van der Waals surface area contributed by atoms with Crippen LogP contribution < -0.4 is 5.32 Å². The van der Waals surface area contributed by atoms with Gasteiger partial charge >= 0.3 is 0 Å². The Labute approximate surface area is 146 Å². The highest BCUT2D eigenvalue weighted by molar-refractivity contribution is 5.91. The minimum absolute atomic E-state index is 0.0523. The first kappa shape index (κ1) is 16.9. The summed E-state index contributed by atoms with van der Waals surface area (Å²) in [5.41, 5.74) is 3.41. The van der Waals surface area contributed by atoms with Crippen molar-refractivity contribution in [3.63, 3.8) is 0 Å². The zero-order valence-electron chi connectivity index (χ0n) is 14.0. The standard InChI is InChI=1S/C19H20N4O2/c1-14-7-8-15(12-24)11-17(14)21-19(25)10-9-18-22-20-13-23(18)16-5-3-2-4-6-16/h2-8,11,13,24H,9-10,12H2,1H3,(H,21,25). The van der Waals surface area contributed by atoms with Crippen LogP contribution >= 0.6 is 0 Å². The summed E-state index contributed by atoms with van der Waals surface area (Å²) in [6.07, 6.45) is 2.44. The molecule has 0 aliphatic rings. The van der Waals surface area contributed by atoms with E-state index in [9.17, 15) is 9.90 Å². The molecular weight excluding hydrogens is 316 g/mol. The molecule has 0 spiro atoms. The normalized spacial score (nSPS) is 10.6. The van der Waals surface area contributed by atoms with Gasteiger partial charge in [-0.15, -0.1) is 10.2 Å². The molecule has 0 atom stereocenters. The average molecular weight is 336 g/mol. The summed E-state index contributed by atoms with van der Waals surface area (Å²) in [5.74, 6) is 0.642. The van der Waals surface area contributed by atoms with Gasteiger partial charge in [-0.3, -0.25) is 9.36 Å². The minimum atomic E-state index is -0.0965. The quantitative estimate of drug-likeness (QED) is 0.725. The van der Waals surface area contributed by atoms with Gasteiger partial charge in [-0.2, -0.15) is 0 Å². The Kier molecular flexibility index (Phi) is 5.20. The zero-order chi connectivity index (χ0) is 17.6. The van der Waals surface area contributed by atoms with Crippen LogP contribution in [0.2, 0.25) is 0 Å². The van der Waals surface area contributed by atoms with Crippen LogP contribution in [0.1, 0.15) is 23.4 Å². The van der Waals surface area contributed by atoms with Crippen LogP contribution in [-0.2, 0) is 17.8 Å². The predicted octanol–water partition coefficient (Wildman–Crippen LogP) is 2.64. The number of hydrogen-bond acceptors (Lipinski definition) is 4. The second-order valence-corrected chi connectivity index (χ2v) is 5.81. The summed E-state index contributed by atoms with van der Waals surface area (Å²) in [6.45, 7) is 1.87. The molecule has 2 aromatic carbocycles. The summed E-state index contributed by atoms with van der Waals surface area (Å²) >= 11 is 0. The maximum atomic E-state index is 12.3. The molecule has 1 heterocycles. The van der Waals surface area contributed by atoms with E-state index in [1.54, 1.807) is 12.4 Å². The Balaban J connectivity index is 1.65. The third kappa shape index (κ3) is 4.10. The molecule has 0 unspecified atom stereocenters. The molecule has 6 nitrogen and oxygen atoms in total. The molecular formula is C19H20N4O2. The Bertz CT molecular complexity index is 859. The fraction of sp³-hybridized carbons (Fsp3) is 0.211. The lowest BCUT2D eigenvalue weighted by Crippen LogP contribution is -2.14. The first-order valence-corrected chi connectivity index (χ1v) is 8.12. The molecule has 0 saturated heterocycles. The van der Waals surface area contributed by atoms with Gasteiger partial charge < -0.3 is 10.4 Å². The lowest BCUT2D eigenvalue weighted by atomic mass is 10.1. The number of aromatic nitrogens is 3. The van der Waals surface area contributed by atoms with Crippen LogP contribution in [0.25, 0.3) is 5.69 Å². The van der Waals surface area contributed by atoms with Crippen molar-refractivity contribution < 1.29 is 9.90 Å². The summed E-state index contributed by atoms with van der Waals surface area (Å²) in [4.78, 5) is 12.3. The highest BCUT2D eigenvalue weighted by Gasteiger charge is 2.10. The molecule has 0 aliphatic carbocycles. The third-order valence-electron chi connectivity index (χ3n) is 3.99. The van der Waals surface area contributed by atoms with Crippen molar-refractivity contribution in [3.05, 3.63) is 71.8 Å². The summed E-state index contributed by atoms with van der Waals surface area (Å²) < 4.78 is 1.88. The van der Waals surface area contributed by atoms with Gasteiger partial charge in [-0.25, -0.2) is 0 Å². The van der Waals surface area contributed by atoms with Gasteiger partial charge in [0.2, 0.25) is 5.91 Å². The van der Waals surface area contributed by atoms with Crippen LogP contribution in [0.5, 0.6) is 0 Å². The zero-order valence-corrected chi connectivity index (χ0v) is 14.0. The molecule has 0 fully saturated rings. The topological polar surface area (TPSA) is 80.0 Å². The fourth-order valence-corrected chi connectivity index (χ4v) is 2.57. The van der Waals surface area contributed by atoms with E-state index in [0.717, 1.165) is 28.3 Å². The molecule has 2 N–H and O–H groups in total. The largest absolute Gasteiger partial charge is 0.392 e. The second-order valence-electron chi connectivity index (χ2n) is 5.81. The Morgan fingerprint density at radius 3 is 2.76 bits per heavy atom. The van der Waals surface area contributed by atoms with Crippen molar-refractivity contribution in [2.24, 2.45) is 0 Å². The van der Waals surface area contributed by atoms with Crippen molar-refractivity contribution in [1.82, 2.24) is 14.8 Å². The number of carbonyl (C=O) groups is 1. The van der Waals surface area contributed by atoms with E-state index in [0.29, 0.717) is 12.8 Å². The smallest absolute Gasteiger partial charge is 0.224 e.